The maximum atomic E-state index is 4.81. The van der Waals surface area contributed by atoms with Crippen molar-refractivity contribution in [1.29, 1.82) is 0 Å². The van der Waals surface area contributed by atoms with Crippen LogP contribution in [0.4, 0.5) is 0 Å². The Bertz CT molecular complexity index is 615. The molecule has 3 rings (SSSR count). The summed E-state index contributed by atoms with van der Waals surface area (Å²) in [5.41, 5.74) is 2.04. The summed E-state index contributed by atoms with van der Waals surface area (Å²) in [4.78, 5) is 4.19. The van der Waals surface area contributed by atoms with Crippen LogP contribution in [0.2, 0.25) is 0 Å². The van der Waals surface area contributed by atoms with Crippen molar-refractivity contribution in [3.8, 4) is 0 Å². The van der Waals surface area contributed by atoms with E-state index in [-0.39, 0.29) is 0 Å². The fourth-order valence-electron chi connectivity index (χ4n) is 1.72. The molecule has 3 aromatic rings. The van der Waals surface area contributed by atoms with Crippen LogP contribution in [0.5, 0.6) is 0 Å². The van der Waals surface area contributed by atoms with Gasteiger partial charge in [-0.3, -0.25) is 0 Å². The minimum absolute atomic E-state index is 0.705. The molecule has 0 atom stereocenters. The number of pyridine rings is 1. The Morgan fingerprint density at radius 1 is 1.31 bits per heavy atom. The minimum Gasteiger partial charge on any atom is -0.364 e. The van der Waals surface area contributed by atoms with Gasteiger partial charge in [0.1, 0.15) is 16.6 Å². The first kappa shape index (κ1) is 9.59. The molecule has 3 heterocycles. The molecule has 5 heteroatoms. The highest BCUT2D eigenvalue weighted by atomic mass is 79.9. The van der Waals surface area contributed by atoms with Gasteiger partial charge < -0.3 is 9.09 Å². The lowest BCUT2D eigenvalue weighted by Gasteiger charge is -2.02. The number of fused-ring (bicyclic) bond motifs is 1. The molecule has 0 radical (unpaired) electrons. The first-order chi connectivity index (χ1) is 7.84. The molecule has 0 saturated carbocycles. The molecule has 0 aliphatic carbocycles. The van der Waals surface area contributed by atoms with Crippen LogP contribution in [-0.2, 0) is 6.54 Å². The van der Waals surface area contributed by atoms with Crippen molar-refractivity contribution in [2.45, 2.75) is 6.54 Å². The van der Waals surface area contributed by atoms with E-state index in [2.05, 4.69) is 30.6 Å². The van der Waals surface area contributed by atoms with Gasteiger partial charge in [-0.2, -0.15) is 0 Å². The molecule has 0 N–H and O–H groups in total. The number of aromatic nitrogens is 3. The molecular weight excluding hydrogens is 270 g/mol. The Labute approximate surface area is 100 Å². The summed E-state index contributed by atoms with van der Waals surface area (Å²) in [7, 11) is 0. The largest absolute Gasteiger partial charge is 0.364 e. The van der Waals surface area contributed by atoms with Crippen LogP contribution in [0.1, 0.15) is 5.69 Å². The first-order valence-corrected chi connectivity index (χ1v) is 5.62. The summed E-state index contributed by atoms with van der Waals surface area (Å²) in [5, 5.41) is 5.00. The number of nitrogens with zero attached hydrogens (tertiary/aromatic N) is 3. The van der Waals surface area contributed by atoms with Gasteiger partial charge in [0, 0.05) is 23.8 Å². The molecule has 0 aromatic carbocycles. The third kappa shape index (κ3) is 1.53. The van der Waals surface area contributed by atoms with E-state index in [4.69, 9.17) is 4.52 Å². The summed E-state index contributed by atoms with van der Waals surface area (Å²) in [6.07, 6.45) is 5.38. The molecule has 0 spiro atoms. The molecule has 0 aliphatic heterocycles. The Morgan fingerprint density at radius 2 is 2.25 bits per heavy atom. The minimum atomic E-state index is 0.705. The second-order valence-electron chi connectivity index (χ2n) is 3.47. The molecule has 4 nitrogen and oxygen atoms in total. The first-order valence-electron chi connectivity index (χ1n) is 4.83. The zero-order chi connectivity index (χ0) is 11.0. The number of hydrogen-bond donors (Lipinski definition) is 0. The predicted octanol–water partition coefficient (Wildman–Crippen LogP) is 2.84. The van der Waals surface area contributed by atoms with Gasteiger partial charge in [0.15, 0.2) is 0 Å². The van der Waals surface area contributed by atoms with Crippen molar-refractivity contribution < 1.29 is 4.52 Å². The highest BCUT2D eigenvalue weighted by Gasteiger charge is 2.06. The molecule has 0 aliphatic rings. The van der Waals surface area contributed by atoms with Crippen LogP contribution in [0.25, 0.3) is 10.9 Å². The molecule has 0 bridgehead atoms. The highest BCUT2D eigenvalue weighted by Crippen LogP contribution is 2.22. The van der Waals surface area contributed by atoms with Crippen LogP contribution < -0.4 is 0 Å². The molecule has 80 valence electrons. The van der Waals surface area contributed by atoms with E-state index in [0.717, 1.165) is 21.2 Å². The van der Waals surface area contributed by atoms with Crippen molar-refractivity contribution in [3.05, 3.63) is 47.2 Å². The van der Waals surface area contributed by atoms with Gasteiger partial charge >= 0.3 is 0 Å². The molecule has 0 saturated heterocycles. The SMILES string of the molecule is Brc1nccc2c1ccn2Cc1ccon1. The summed E-state index contributed by atoms with van der Waals surface area (Å²) >= 11 is 3.43. The van der Waals surface area contributed by atoms with Gasteiger partial charge in [0.2, 0.25) is 0 Å². The maximum absolute atomic E-state index is 4.81. The van der Waals surface area contributed by atoms with E-state index in [1.165, 1.54) is 0 Å². The van der Waals surface area contributed by atoms with Crippen LogP contribution in [-0.4, -0.2) is 14.7 Å². The zero-order valence-electron chi connectivity index (χ0n) is 8.30. The zero-order valence-corrected chi connectivity index (χ0v) is 9.89. The van der Waals surface area contributed by atoms with Crippen LogP contribution >= 0.6 is 15.9 Å². The van der Waals surface area contributed by atoms with E-state index in [9.17, 15) is 0 Å². The lowest BCUT2D eigenvalue weighted by Crippen LogP contribution is -1.97. The van der Waals surface area contributed by atoms with Gasteiger partial charge in [-0.1, -0.05) is 5.16 Å². The van der Waals surface area contributed by atoms with Gasteiger partial charge in [0.25, 0.3) is 0 Å². The van der Waals surface area contributed by atoms with Crippen LogP contribution in [0.15, 0.2) is 46.0 Å². The fraction of sp³-hybridized carbons (Fsp3) is 0.0909. The van der Waals surface area contributed by atoms with Crippen molar-refractivity contribution in [3.63, 3.8) is 0 Å². The Kier molecular flexibility index (Phi) is 2.25. The molecule has 0 fully saturated rings. The van der Waals surface area contributed by atoms with E-state index in [1.807, 2.05) is 24.4 Å². The molecular formula is C11H8BrN3O. The predicted molar refractivity (Wildman–Crippen MR) is 63.0 cm³/mol. The molecule has 0 amide bonds. The normalized spacial score (nSPS) is 11.1. The summed E-state index contributed by atoms with van der Waals surface area (Å²) in [6, 6.07) is 5.88. The molecule has 16 heavy (non-hydrogen) atoms. The van der Waals surface area contributed by atoms with Gasteiger partial charge in [0.05, 0.1) is 12.1 Å². The Morgan fingerprint density at radius 3 is 3.06 bits per heavy atom. The van der Waals surface area contributed by atoms with Crippen LogP contribution in [0.3, 0.4) is 0 Å². The number of halogens is 1. The van der Waals surface area contributed by atoms with Crippen molar-refractivity contribution in [1.82, 2.24) is 14.7 Å². The van der Waals surface area contributed by atoms with E-state index in [0.29, 0.717) is 6.54 Å². The quantitative estimate of drug-likeness (QED) is 0.677. The second-order valence-corrected chi connectivity index (χ2v) is 4.22. The Balaban J connectivity index is 2.08. The lowest BCUT2D eigenvalue weighted by molar-refractivity contribution is 0.410. The third-order valence-corrected chi connectivity index (χ3v) is 3.10. The number of hydrogen-bond acceptors (Lipinski definition) is 3. The van der Waals surface area contributed by atoms with Crippen molar-refractivity contribution in [2.24, 2.45) is 0 Å². The monoisotopic (exact) mass is 277 g/mol. The smallest absolute Gasteiger partial charge is 0.124 e. The van der Waals surface area contributed by atoms with Crippen molar-refractivity contribution >= 4 is 26.8 Å². The highest BCUT2D eigenvalue weighted by molar-refractivity contribution is 9.10. The average molecular weight is 278 g/mol. The van der Waals surface area contributed by atoms with E-state index in [1.54, 1.807) is 12.5 Å². The molecule has 0 unspecified atom stereocenters. The van der Waals surface area contributed by atoms with Gasteiger partial charge in [-0.15, -0.1) is 0 Å². The van der Waals surface area contributed by atoms with E-state index < -0.39 is 0 Å². The van der Waals surface area contributed by atoms with Crippen molar-refractivity contribution in [2.75, 3.05) is 0 Å². The van der Waals surface area contributed by atoms with Gasteiger partial charge in [-0.25, -0.2) is 4.98 Å². The average Bonchev–Trinajstić information content (AvgIpc) is 2.90. The molecule has 3 aromatic heterocycles. The Hall–Kier alpha value is -1.62. The number of rotatable bonds is 2. The summed E-state index contributed by atoms with van der Waals surface area (Å²) in [5.74, 6) is 0. The third-order valence-electron chi connectivity index (χ3n) is 2.47. The van der Waals surface area contributed by atoms with Crippen LogP contribution in [0, 0.1) is 0 Å². The maximum Gasteiger partial charge on any atom is 0.124 e. The summed E-state index contributed by atoms with van der Waals surface area (Å²) < 4.78 is 7.79. The van der Waals surface area contributed by atoms with Gasteiger partial charge in [-0.05, 0) is 28.1 Å². The second kappa shape index (κ2) is 3.75. The lowest BCUT2D eigenvalue weighted by atomic mass is 10.3. The summed E-state index contributed by atoms with van der Waals surface area (Å²) in [6.45, 7) is 0.705. The fourth-order valence-corrected chi connectivity index (χ4v) is 2.17. The topological polar surface area (TPSA) is 43.9 Å². The van der Waals surface area contributed by atoms with E-state index >= 15 is 0 Å². The standard InChI is InChI=1S/C11H8BrN3O/c12-11-9-2-5-15(10(9)1-4-13-11)7-8-3-6-16-14-8/h1-6H,7H2.